The van der Waals surface area contributed by atoms with Crippen molar-refractivity contribution >= 4 is 5.96 Å². The van der Waals surface area contributed by atoms with Crippen molar-refractivity contribution in [2.45, 2.75) is 83.3 Å². The molecule has 0 radical (unpaired) electrons. The van der Waals surface area contributed by atoms with E-state index in [2.05, 4.69) is 36.9 Å². The van der Waals surface area contributed by atoms with Crippen LogP contribution >= 0.6 is 0 Å². The monoisotopic (exact) mass is 404 g/mol. The van der Waals surface area contributed by atoms with Crippen molar-refractivity contribution in [2.24, 2.45) is 40.2 Å². The largest absolute Gasteiger partial charge is 0.393 e. The fourth-order valence-corrected chi connectivity index (χ4v) is 7.99. The van der Waals surface area contributed by atoms with Gasteiger partial charge in [0.15, 0.2) is 5.96 Å². The van der Waals surface area contributed by atoms with Gasteiger partial charge in [-0.3, -0.25) is 10.8 Å². The van der Waals surface area contributed by atoms with Crippen LogP contribution in [0.1, 0.15) is 71.6 Å². The molecule has 4 aliphatic carbocycles. The molecule has 4 aliphatic rings. The molecule has 8 atom stereocenters. The number of aliphatic hydroxyl groups excluding tert-OH is 1. The summed E-state index contributed by atoms with van der Waals surface area (Å²) in [5.41, 5.74) is 10.5. The standard InChI is InChI=1S/C23H40N4O2/c1-21-10-8-17(28)14-16(21)5-6-19-18(21)9-11-22(2)15(7-12-23(19,22)29)4-3-13-26-27-20(24)25/h3-4,15-19,26,28-29H,5-14H2,1-2H3,(H4,24,25,27)/t15?,16?,17?,18-,19-,21+,22-,23-/m1/s1. The Labute approximate surface area is 175 Å². The zero-order valence-corrected chi connectivity index (χ0v) is 18.1. The third-order valence-electron chi connectivity index (χ3n) is 9.71. The van der Waals surface area contributed by atoms with Gasteiger partial charge in [-0.2, -0.15) is 0 Å². The van der Waals surface area contributed by atoms with Gasteiger partial charge in [0.1, 0.15) is 0 Å². The van der Waals surface area contributed by atoms with Gasteiger partial charge in [0.25, 0.3) is 0 Å². The average molecular weight is 405 g/mol. The molecule has 0 bridgehead atoms. The molecule has 0 aromatic rings. The number of allylic oxidation sites excluding steroid dienone is 1. The van der Waals surface area contributed by atoms with Gasteiger partial charge in [0.2, 0.25) is 0 Å². The van der Waals surface area contributed by atoms with Gasteiger partial charge in [-0.25, -0.2) is 5.43 Å². The number of nitrogens with one attached hydrogen (secondary N) is 3. The van der Waals surface area contributed by atoms with Crippen LogP contribution in [0.2, 0.25) is 0 Å². The van der Waals surface area contributed by atoms with Gasteiger partial charge < -0.3 is 15.9 Å². The topological polar surface area (TPSA) is 114 Å². The van der Waals surface area contributed by atoms with Crippen LogP contribution in [0.15, 0.2) is 12.2 Å². The Bertz CT molecular complexity index is 669. The van der Waals surface area contributed by atoms with Crippen LogP contribution in [-0.2, 0) is 0 Å². The van der Waals surface area contributed by atoms with E-state index < -0.39 is 5.60 Å². The zero-order valence-electron chi connectivity index (χ0n) is 18.1. The highest BCUT2D eigenvalue weighted by Gasteiger charge is 2.66. The molecule has 164 valence electrons. The van der Waals surface area contributed by atoms with Crippen LogP contribution in [0, 0.1) is 39.9 Å². The summed E-state index contributed by atoms with van der Waals surface area (Å²) in [6, 6.07) is 0. The number of hydrazine groups is 1. The van der Waals surface area contributed by atoms with Crippen molar-refractivity contribution in [3.63, 3.8) is 0 Å². The first-order chi connectivity index (χ1) is 13.7. The predicted octanol–water partition coefficient (Wildman–Crippen LogP) is 2.66. The lowest BCUT2D eigenvalue weighted by Gasteiger charge is -2.63. The molecule has 4 rings (SSSR count). The molecule has 0 saturated heterocycles. The van der Waals surface area contributed by atoms with Crippen molar-refractivity contribution in [2.75, 3.05) is 6.54 Å². The highest BCUT2D eigenvalue weighted by molar-refractivity contribution is 5.73. The first-order valence-electron chi connectivity index (χ1n) is 11.6. The molecule has 0 aromatic heterocycles. The summed E-state index contributed by atoms with van der Waals surface area (Å²) in [5, 5.41) is 29.5. The molecule has 4 saturated carbocycles. The van der Waals surface area contributed by atoms with E-state index in [1.165, 1.54) is 6.42 Å². The van der Waals surface area contributed by atoms with E-state index in [1.54, 1.807) is 0 Å². The summed E-state index contributed by atoms with van der Waals surface area (Å²) < 4.78 is 0. The molecule has 0 amide bonds. The smallest absolute Gasteiger partial charge is 0.200 e. The quantitative estimate of drug-likeness (QED) is 0.142. The third-order valence-corrected chi connectivity index (χ3v) is 9.71. The summed E-state index contributed by atoms with van der Waals surface area (Å²) in [6.07, 6.45) is 13.8. The number of hydrogen-bond donors (Lipinski definition) is 6. The summed E-state index contributed by atoms with van der Waals surface area (Å²) in [4.78, 5) is 0. The van der Waals surface area contributed by atoms with Crippen LogP contribution in [-0.4, -0.2) is 34.4 Å². The van der Waals surface area contributed by atoms with Crippen LogP contribution in [0.4, 0.5) is 0 Å². The van der Waals surface area contributed by atoms with E-state index in [0.717, 1.165) is 51.4 Å². The summed E-state index contributed by atoms with van der Waals surface area (Å²) in [7, 11) is 0. The Morgan fingerprint density at radius 3 is 2.66 bits per heavy atom. The van der Waals surface area contributed by atoms with Crippen LogP contribution < -0.4 is 16.6 Å². The minimum atomic E-state index is -0.569. The number of hydrogen-bond acceptors (Lipinski definition) is 4. The second-order valence-corrected chi connectivity index (χ2v) is 10.8. The molecule has 29 heavy (non-hydrogen) atoms. The fraction of sp³-hybridized carbons (Fsp3) is 0.870. The third kappa shape index (κ3) is 3.31. The van der Waals surface area contributed by atoms with Crippen molar-refractivity contribution in [3.8, 4) is 0 Å². The second kappa shape index (κ2) is 7.54. The van der Waals surface area contributed by atoms with Gasteiger partial charge in [-0.1, -0.05) is 26.0 Å². The van der Waals surface area contributed by atoms with E-state index in [4.69, 9.17) is 11.1 Å². The Morgan fingerprint density at radius 2 is 1.90 bits per heavy atom. The van der Waals surface area contributed by atoms with E-state index in [9.17, 15) is 10.2 Å². The molecule has 4 fully saturated rings. The minimum Gasteiger partial charge on any atom is -0.393 e. The van der Waals surface area contributed by atoms with Crippen LogP contribution in [0.5, 0.6) is 0 Å². The molecular formula is C23H40N4O2. The Balaban J connectivity index is 1.49. The summed E-state index contributed by atoms with van der Waals surface area (Å²) in [6.45, 7) is 5.40. The summed E-state index contributed by atoms with van der Waals surface area (Å²) in [5.74, 6) is 1.92. The molecule has 7 N–H and O–H groups in total. The molecule has 6 nitrogen and oxygen atoms in total. The Kier molecular flexibility index (Phi) is 5.50. The maximum atomic E-state index is 12.1. The first kappa shape index (κ1) is 21.1. The number of rotatable bonds is 4. The van der Waals surface area contributed by atoms with E-state index in [1.807, 2.05) is 0 Å². The number of nitrogens with two attached hydrogens (primary N) is 1. The number of fused-ring (bicyclic) bond motifs is 5. The van der Waals surface area contributed by atoms with Gasteiger partial charge in [0, 0.05) is 12.0 Å². The van der Waals surface area contributed by atoms with E-state index in [-0.39, 0.29) is 22.9 Å². The highest BCUT2D eigenvalue weighted by atomic mass is 16.3. The normalized spacial score (nSPS) is 49.3. The summed E-state index contributed by atoms with van der Waals surface area (Å²) >= 11 is 0. The van der Waals surface area contributed by atoms with Crippen LogP contribution in [0.25, 0.3) is 0 Å². The van der Waals surface area contributed by atoms with Crippen molar-refractivity contribution < 1.29 is 10.2 Å². The fourth-order valence-electron chi connectivity index (χ4n) is 7.99. The average Bonchev–Trinajstić information content (AvgIpc) is 2.93. The molecule has 0 heterocycles. The highest BCUT2D eigenvalue weighted by Crippen LogP contribution is 2.69. The van der Waals surface area contributed by atoms with Gasteiger partial charge >= 0.3 is 0 Å². The molecule has 3 unspecified atom stereocenters. The van der Waals surface area contributed by atoms with E-state index in [0.29, 0.717) is 30.2 Å². The predicted molar refractivity (Wildman–Crippen MR) is 115 cm³/mol. The van der Waals surface area contributed by atoms with Crippen LogP contribution in [0.3, 0.4) is 0 Å². The Hall–Kier alpha value is -1.11. The number of guanidine groups is 1. The molecular weight excluding hydrogens is 364 g/mol. The molecule has 0 spiro atoms. The van der Waals surface area contributed by atoms with Crippen molar-refractivity contribution in [3.05, 3.63) is 12.2 Å². The van der Waals surface area contributed by atoms with E-state index >= 15 is 0 Å². The zero-order chi connectivity index (χ0) is 20.9. The Morgan fingerprint density at radius 1 is 1.10 bits per heavy atom. The molecule has 6 heteroatoms. The first-order valence-corrected chi connectivity index (χ1v) is 11.6. The van der Waals surface area contributed by atoms with Crippen molar-refractivity contribution in [1.82, 2.24) is 10.9 Å². The van der Waals surface area contributed by atoms with Gasteiger partial charge in [0.05, 0.1) is 11.7 Å². The maximum Gasteiger partial charge on any atom is 0.200 e. The molecule has 0 aliphatic heterocycles. The van der Waals surface area contributed by atoms with Gasteiger partial charge in [-0.15, -0.1) is 0 Å². The SMILES string of the molecule is C[C@]12CCC(O)CC1CC[C@@H]1[C@H]2CC[C@]2(C)C(C=CCNNC(=N)N)CC[C@@]12O. The van der Waals surface area contributed by atoms with Gasteiger partial charge in [-0.05, 0) is 86.9 Å². The number of aliphatic hydroxyl groups is 2. The lowest BCUT2D eigenvalue weighted by atomic mass is 9.43. The lowest BCUT2D eigenvalue weighted by molar-refractivity contribution is -0.207. The van der Waals surface area contributed by atoms with Crippen molar-refractivity contribution in [1.29, 1.82) is 5.41 Å². The maximum absolute atomic E-state index is 12.1. The lowest BCUT2D eigenvalue weighted by Crippen LogP contribution is -2.62. The molecule has 0 aromatic carbocycles. The second-order valence-electron chi connectivity index (χ2n) is 10.8. The minimum absolute atomic E-state index is 0.0595.